The summed E-state index contributed by atoms with van der Waals surface area (Å²) in [6, 6.07) is 7.15. The van der Waals surface area contributed by atoms with E-state index in [0.29, 0.717) is 19.0 Å². The minimum Gasteiger partial charge on any atom is -0.491 e. The van der Waals surface area contributed by atoms with Gasteiger partial charge in [-0.1, -0.05) is 12.1 Å². The second-order valence-electron chi connectivity index (χ2n) is 3.42. The monoisotopic (exact) mass is 225 g/mol. The van der Waals surface area contributed by atoms with Gasteiger partial charge in [0.05, 0.1) is 6.61 Å². The highest BCUT2D eigenvalue weighted by atomic mass is 16.5. The van der Waals surface area contributed by atoms with E-state index in [1.807, 2.05) is 6.07 Å². The van der Waals surface area contributed by atoms with Gasteiger partial charge in [-0.05, 0) is 17.7 Å². The van der Waals surface area contributed by atoms with Crippen LogP contribution in [0.1, 0.15) is 5.56 Å². The van der Waals surface area contributed by atoms with Gasteiger partial charge >= 0.3 is 0 Å². The van der Waals surface area contributed by atoms with Gasteiger partial charge < -0.3 is 14.2 Å². The highest BCUT2D eigenvalue weighted by Crippen LogP contribution is 2.13. The first kappa shape index (κ1) is 13.0. The van der Waals surface area contributed by atoms with Gasteiger partial charge in [0.25, 0.3) is 0 Å². The van der Waals surface area contributed by atoms with E-state index in [9.17, 15) is 5.11 Å². The molecule has 0 N–H and O–H groups in total. The van der Waals surface area contributed by atoms with Gasteiger partial charge in [-0.2, -0.15) is 0 Å². The van der Waals surface area contributed by atoms with Crippen LogP contribution in [0.4, 0.5) is 0 Å². The van der Waals surface area contributed by atoms with Crippen molar-refractivity contribution < 1.29 is 19.3 Å². The molecule has 1 radical (unpaired) electrons. The van der Waals surface area contributed by atoms with E-state index in [1.54, 1.807) is 32.4 Å². The van der Waals surface area contributed by atoms with E-state index in [4.69, 9.17) is 14.2 Å². The number of methoxy groups -OCH3 is 2. The molecule has 1 rings (SSSR count). The molecule has 0 aliphatic rings. The third-order valence-corrected chi connectivity index (χ3v) is 2.19. The maximum absolute atomic E-state index is 10.7. The van der Waals surface area contributed by atoms with E-state index in [2.05, 4.69) is 0 Å². The lowest BCUT2D eigenvalue weighted by Crippen LogP contribution is -2.25. The van der Waals surface area contributed by atoms with Gasteiger partial charge in [0.1, 0.15) is 25.1 Å². The maximum Gasteiger partial charge on any atom is 0.119 e. The summed E-state index contributed by atoms with van der Waals surface area (Å²) in [5.74, 6) is 0.687. The van der Waals surface area contributed by atoms with Gasteiger partial charge in [-0.25, -0.2) is 5.11 Å². The average Bonchev–Trinajstić information content (AvgIpc) is 2.34. The van der Waals surface area contributed by atoms with Crippen molar-refractivity contribution in [3.05, 3.63) is 29.8 Å². The summed E-state index contributed by atoms with van der Waals surface area (Å²) in [5, 5.41) is 10.7. The number of hydrogen-bond donors (Lipinski definition) is 0. The first-order chi connectivity index (χ1) is 7.80. The number of ether oxygens (including phenoxy) is 3. The van der Waals surface area contributed by atoms with Crippen molar-refractivity contribution in [2.24, 2.45) is 0 Å². The number of rotatable bonds is 7. The van der Waals surface area contributed by atoms with Crippen LogP contribution < -0.4 is 4.74 Å². The molecule has 1 aromatic carbocycles. The Morgan fingerprint density at radius 2 is 2.06 bits per heavy atom. The SMILES string of the molecule is COCC(COc1cccc(C[O])c1)OC. The summed E-state index contributed by atoms with van der Waals surface area (Å²) < 4.78 is 15.6. The highest BCUT2D eigenvalue weighted by Gasteiger charge is 2.07. The van der Waals surface area contributed by atoms with Crippen molar-refractivity contribution in [3.63, 3.8) is 0 Å². The lowest BCUT2D eigenvalue weighted by Gasteiger charge is -2.15. The molecule has 0 fully saturated rings. The van der Waals surface area contributed by atoms with Crippen molar-refractivity contribution in [3.8, 4) is 5.75 Å². The topological polar surface area (TPSA) is 47.6 Å². The van der Waals surface area contributed by atoms with E-state index in [-0.39, 0.29) is 12.7 Å². The summed E-state index contributed by atoms with van der Waals surface area (Å²) in [6.45, 7) is 0.660. The second kappa shape index (κ2) is 7.22. The fourth-order valence-corrected chi connectivity index (χ4v) is 1.28. The van der Waals surface area contributed by atoms with Crippen LogP contribution in [0.3, 0.4) is 0 Å². The largest absolute Gasteiger partial charge is 0.491 e. The molecule has 0 spiro atoms. The molecule has 0 heterocycles. The van der Waals surface area contributed by atoms with Crippen molar-refractivity contribution in [2.75, 3.05) is 27.4 Å². The third-order valence-electron chi connectivity index (χ3n) is 2.19. The Kier molecular flexibility index (Phi) is 5.85. The lowest BCUT2D eigenvalue weighted by atomic mass is 10.2. The maximum atomic E-state index is 10.7. The van der Waals surface area contributed by atoms with Crippen LogP contribution in [0.15, 0.2) is 24.3 Å². The minimum absolute atomic E-state index is 0.0964. The molecular formula is C12H17O4. The first-order valence-electron chi connectivity index (χ1n) is 5.11. The first-order valence-corrected chi connectivity index (χ1v) is 5.11. The van der Waals surface area contributed by atoms with Gasteiger partial charge in [-0.3, -0.25) is 0 Å². The summed E-state index contributed by atoms with van der Waals surface area (Å²) in [6.07, 6.45) is -0.0964. The molecule has 0 aromatic heterocycles. The van der Waals surface area contributed by atoms with Crippen LogP contribution in [-0.4, -0.2) is 33.5 Å². The fraction of sp³-hybridized carbons (Fsp3) is 0.500. The molecule has 0 aliphatic carbocycles. The molecule has 0 saturated heterocycles. The van der Waals surface area contributed by atoms with Crippen molar-refractivity contribution >= 4 is 0 Å². The molecule has 0 bridgehead atoms. The van der Waals surface area contributed by atoms with Gasteiger partial charge in [0, 0.05) is 14.2 Å². The molecule has 0 saturated carbocycles. The summed E-state index contributed by atoms with van der Waals surface area (Å²) in [4.78, 5) is 0. The molecule has 89 valence electrons. The van der Waals surface area contributed by atoms with E-state index in [0.717, 1.165) is 5.56 Å². The van der Waals surface area contributed by atoms with Crippen LogP contribution in [0.25, 0.3) is 0 Å². The Morgan fingerprint density at radius 1 is 1.25 bits per heavy atom. The van der Waals surface area contributed by atoms with E-state index < -0.39 is 0 Å². The zero-order valence-electron chi connectivity index (χ0n) is 9.64. The van der Waals surface area contributed by atoms with Crippen LogP contribution in [0.2, 0.25) is 0 Å². The molecule has 16 heavy (non-hydrogen) atoms. The fourth-order valence-electron chi connectivity index (χ4n) is 1.28. The summed E-state index contributed by atoms with van der Waals surface area (Å²) in [5.41, 5.74) is 0.721. The van der Waals surface area contributed by atoms with Gasteiger partial charge in [-0.15, -0.1) is 0 Å². The molecule has 0 amide bonds. The predicted molar refractivity (Wildman–Crippen MR) is 59.0 cm³/mol. The van der Waals surface area contributed by atoms with Gasteiger partial charge in [0.15, 0.2) is 0 Å². The Hall–Kier alpha value is -1.10. The Morgan fingerprint density at radius 3 is 2.69 bits per heavy atom. The molecule has 1 unspecified atom stereocenters. The molecule has 1 atom stereocenters. The molecule has 4 heteroatoms. The number of hydrogen-bond acceptors (Lipinski definition) is 3. The molecular weight excluding hydrogens is 208 g/mol. The highest BCUT2D eigenvalue weighted by molar-refractivity contribution is 5.27. The third kappa shape index (κ3) is 4.18. The average molecular weight is 225 g/mol. The standard InChI is InChI=1S/C12H17O4/c1-14-8-12(15-2)9-16-11-5-3-4-10(6-11)7-13/h3-6,12H,7-9H2,1-2H3. The Balaban J connectivity index is 2.46. The van der Waals surface area contributed by atoms with Gasteiger partial charge in [0.2, 0.25) is 0 Å². The quantitative estimate of drug-likeness (QED) is 0.709. The van der Waals surface area contributed by atoms with E-state index in [1.165, 1.54) is 0 Å². The normalized spacial score (nSPS) is 12.4. The molecule has 0 aliphatic heterocycles. The van der Waals surface area contributed by atoms with Crippen LogP contribution >= 0.6 is 0 Å². The van der Waals surface area contributed by atoms with E-state index >= 15 is 0 Å². The zero-order chi connectivity index (χ0) is 11.8. The second-order valence-corrected chi connectivity index (χ2v) is 3.42. The molecule has 1 aromatic rings. The van der Waals surface area contributed by atoms with Crippen LogP contribution in [0.5, 0.6) is 5.75 Å². The van der Waals surface area contributed by atoms with Crippen molar-refractivity contribution in [1.82, 2.24) is 0 Å². The number of benzene rings is 1. The summed E-state index contributed by atoms with van der Waals surface area (Å²) in [7, 11) is 3.23. The summed E-state index contributed by atoms with van der Waals surface area (Å²) >= 11 is 0. The Labute approximate surface area is 95.8 Å². The van der Waals surface area contributed by atoms with Crippen LogP contribution in [-0.2, 0) is 21.2 Å². The van der Waals surface area contributed by atoms with Crippen molar-refractivity contribution in [2.45, 2.75) is 12.7 Å². The van der Waals surface area contributed by atoms with Crippen LogP contribution in [0, 0.1) is 0 Å². The smallest absolute Gasteiger partial charge is 0.119 e. The zero-order valence-corrected chi connectivity index (χ0v) is 9.64. The lowest BCUT2D eigenvalue weighted by molar-refractivity contribution is 0.000836. The Bertz CT molecular complexity index is 301. The predicted octanol–water partition coefficient (Wildman–Crippen LogP) is 1.66. The molecule has 4 nitrogen and oxygen atoms in total. The minimum atomic E-state index is -0.233. The van der Waals surface area contributed by atoms with Crippen molar-refractivity contribution in [1.29, 1.82) is 0 Å².